The van der Waals surface area contributed by atoms with Crippen LogP contribution in [0, 0.1) is 0 Å². The zero-order valence-electron chi connectivity index (χ0n) is 11.4. The van der Waals surface area contributed by atoms with Crippen LogP contribution in [0.4, 0.5) is 5.69 Å². The topological polar surface area (TPSA) is 84.5 Å². The Bertz CT molecular complexity index is 829. The van der Waals surface area contributed by atoms with Crippen LogP contribution in [0.15, 0.2) is 28.5 Å². The smallest absolute Gasteiger partial charge is 0.349 e. The van der Waals surface area contributed by atoms with Gasteiger partial charge in [0.1, 0.15) is 9.77 Å². The van der Waals surface area contributed by atoms with Crippen LogP contribution in [-0.4, -0.2) is 21.5 Å². The first kappa shape index (κ1) is 18.3. The molecular formula is C12H9Cl3N2O4S2. The van der Waals surface area contributed by atoms with Crippen molar-refractivity contribution in [1.82, 2.24) is 4.83 Å². The van der Waals surface area contributed by atoms with E-state index < -0.39 is 16.0 Å². The number of nitrogens with one attached hydrogen (secondary N) is 2. The van der Waals surface area contributed by atoms with Crippen LogP contribution < -0.4 is 10.3 Å². The minimum atomic E-state index is -4.05. The van der Waals surface area contributed by atoms with E-state index >= 15 is 0 Å². The molecule has 0 fully saturated rings. The van der Waals surface area contributed by atoms with Crippen LogP contribution in [0.5, 0.6) is 0 Å². The van der Waals surface area contributed by atoms with E-state index in [1.807, 2.05) is 0 Å². The molecule has 2 N–H and O–H groups in total. The molecule has 124 valence electrons. The van der Waals surface area contributed by atoms with E-state index in [1.165, 1.54) is 23.6 Å². The Balaban J connectivity index is 2.27. The highest BCUT2D eigenvalue weighted by molar-refractivity contribution is 7.89. The zero-order valence-corrected chi connectivity index (χ0v) is 15.3. The predicted octanol–water partition coefficient (Wildman–Crippen LogP) is 3.80. The molecule has 2 aromatic rings. The van der Waals surface area contributed by atoms with Gasteiger partial charge < -0.3 is 10.2 Å². The van der Waals surface area contributed by atoms with Crippen LogP contribution in [0.25, 0.3) is 0 Å². The number of halogens is 3. The third kappa shape index (κ3) is 4.09. The lowest BCUT2D eigenvalue weighted by Crippen LogP contribution is -2.30. The Kier molecular flexibility index (Phi) is 5.77. The molecule has 0 atom stereocenters. The maximum absolute atomic E-state index is 12.3. The lowest BCUT2D eigenvalue weighted by atomic mass is 10.3. The van der Waals surface area contributed by atoms with Gasteiger partial charge in [0, 0.05) is 5.02 Å². The fraction of sp³-hybridized carbons (Fsp3) is 0.0833. The van der Waals surface area contributed by atoms with Crippen LogP contribution >= 0.6 is 46.1 Å². The Morgan fingerprint density at radius 1 is 1.22 bits per heavy atom. The van der Waals surface area contributed by atoms with Crippen LogP contribution in [0.2, 0.25) is 15.1 Å². The number of anilines is 1. The Labute approximate surface area is 151 Å². The fourth-order valence-electron chi connectivity index (χ4n) is 1.59. The first-order valence-corrected chi connectivity index (χ1v) is 9.34. The van der Waals surface area contributed by atoms with Crippen molar-refractivity contribution in [2.75, 3.05) is 12.5 Å². The van der Waals surface area contributed by atoms with Crippen molar-refractivity contribution in [2.45, 2.75) is 4.90 Å². The van der Waals surface area contributed by atoms with E-state index in [4.69, 9.17) is 34.8 Å². The molecule has 0 aliphatic heterocycles. The number of hydrogen-bond acceptors (Lipinski definition) is 6. The summed E-state index contributed by atoms with van der Waals surface area (Å²) in [7, 11) is -2.88. The third-order valence-electron chi connectivity index (χ3n) is 2.61. The third-order valence-corrected chi connectivity index (χ3v) is 5.73. The highest BCUT2D eigenvalue weighted by Gasteiger charge is 2.25. The van der Waals surface area contributed by atoms with Gasteiger partial charge in [0.25, 0.3) is 10.0 Å². The van der Waals surface area contributed by atoms with Crippen molar-refractivity contribution < 1.29 is 17.9 Å². The number of rotatable bonds is 5. The summed E-state index contributed by atoms with van der Waals surface area (Å²) in [5, 5.41) is 2.02. The molecule has 23 heavy (non-hydrogen) atoms. The van der Waals surface area contributed by atoms with Gasteiger partial charge in [-0.2, -0.15) is 0 Å². The number of carbonyl (C=O) groups is 1. The van der Waals surface area contributed by atoms with Gasteiger partial charge in [0.15, 0.2) is 0 Å². The van der Waals surface area contributed by atoms with E-state index in [1.54, 1.807) is 0 Å². The van der Waals surface area contributed by atoms with Crippen molar-refractivity contribution in [3.63, 3.8) is 0 Å². The van der Waals surface area contributed by atoms with Gasteiger partial charge >= 0.3 is 5.97 Å². The first-order chi connectivity index (χ1) is 10.8. The minimum absolute atomic E-state index is 0.0462. The molecule has 0 radical (unpaired) electrons. The summed E-state index contributed by atoms with van der Waals surface area (Å²) in [6.07, 6.45) is 0. The van der Waals surface area contributed by atoms with Gasteiger partial charge in [0.05, 0.1) is 22.8 Å². The SMILES string of the molecule is COC(=O)c1sccc1S(=O)(=O)NNc1c(Cl)cc(Cl)cc1Cl. The molecule has 2 rings (SSSR count). The van der Waals surface area contributed by atoms with E-state index in [-0.39, 0.29) is 25.5 Å². The second-order valence-electron chi connectivity index (χ2n) is 4.08. The highest BCUT2D eigenvalue weighted by Crippen LogP contribution is 2.33. The van der Waals surface area contributed by atoms with Gasteiger partial charge in [-0.05, 0) is 23.6 Å². The standard InChI is InChI=1S/C12H9Cl3N2O4S2/c1-21-12(18)11-9(2-3-22-11)23(19,20)17-16-10-7(14)4-6(13)5-8(10)15/h2-5,16-17H,1H3. The number of hydrazine groups is 1. The van der Waals surface area contributed by atoms with Gasteiger partial charge in [0.2, 0.25) is 0 Å². The fourth-order valence-corrected chi connectivity index (χ4v) is 4.68. The summed E-state index contributed by atoms with van der Waals surface area (Å²) in [6, 6.07) is 4.08. The summed E-state index contributed by atoms with van der Waals surface area (Å²) >= 11 is 18.6. The lowest BCUT2D eigenvalue weighted by Gasteiger charge is -2.12. The highest BCUT2D eigenvalue weighted by atomic mass is 35.5. The summed E-state index contributed by atoms with van der Waals surface area (Å²) in [5.74, 6) is -0.747. The molecule has 0 unspecified atom stereocenters. The average molecular weight is 416 g/mol. The van der Waals surface area contributed by atoms with E-state index in [0.29, 0.717) is 5.02 Å². The Hall–Kier alpha value is -1.03. The lowest BCUT2D eigenvalue weighted by molar-refractivity contribution is 0.0602. The van der Waals surface area contributed by atoms with Crippen molar-refractivity contribution >= 4 is 67.8 Å². The zero-order chi connectivity index (χ0) is 17.2. The molecular weight excluding hydrogens is 407 g/mol. The summed E-state index contributed by atoms with van der Waals surface area (Å²) in [6.45, 7) is 0. The van der Waals surface area contributed by atoms with Crippen molar-refractivity contribution in [1.29, 1.82) is 0 Å². The molecule has 0 aliphatic rings. The quantitative estimate of drug-likeness (QED) is 0.573. The molecule has 1 heterocycles. The van der Waals surface area contributed by atoms with Crippen molar-refractivity contribution in [3.05, 3.63) is 43.5 Å². The molecule has 0 aliphatic carbocycles. The maximum atomic E-state index is 12.3. The number of carbonyl (C=O) groups excluding carboxylic acids is 1. The summed E-state index contributed by atoms with van der Waals surface area (Å²) in [5.41, 5.74) is 2.55. The van der Waals surface area contributed by atoms with Crippen molar-refractivity contribution in [3.8, 4) is 0 Å². The Morgan fingerprint density at radius 2 is 1.83 bits per heavy atom. The average Bonchev–Trinajstić information content (AvgIpc) is 2.95. The molecule has 1 aromatic heterocycles. The molecule has 0 spiro atoms. The Morgan fingerprint density at radius 3 is 2.39 bits per heavy atom. The molecule has 0 saturated heterocycles. The number of hydrogen-bond donors (Lipinski definition) is 2. The first-order valence-electron chi connectivity index (χ1n) is 5.84. The molecule has 0 amide bonds. The molecule has 0 bridgehead atoms. The number of thiophene rings is 1. The largest absolute Gasteiger partial charge is 0.465 e. The van der Waals surface area contributed by atoms with Crippen molar-refractivity contribution in [2.24, 2.45) is 0 Å². The van der Waals surface area contributed by atoms with E-state index in [9.17, 15) is 13.2 Å². The number of esters is 1. The van der Waals surface area contributed by atoms with Crippen LogP contribution in [-0.2, 0) is 14.8 Å². The molecule has 6 nitrogen and oxygen atoms in total. The molecule has 11 heteroatoms. The van der Waals surface area contributed by atoms with Gasteiger partial charge in [-0.1, -0.05) is 34.8 Å². The molecule has 1 aromatic carbocycles. The van der Waals surface area contributed by atoms with E-state index in [0.717, 1.165) is 18.4 Å². The summed E-state index contributed by atoms with van der Waals surface area (Å²) < 4.78 is 29.2. The number of methoxy groups -OCH3 is 1. The maximum Gasteiger partial charge on any atom is 0.349 e. The van der Waals surface area contributed by atoms with E-state index in [2.05, 4.69) is 15.0 Å². The van der Waals surface area contributed by atoms with Crippen LogP contribution in [0.3, 0.4) is 0 Å². The normalized spacial score (nSPS) is 11.3. The van der Waals surface area contributed by atoms with Gasteiger partial charge in [-0.3, -0.25) is 0 Å². The van der Waals surface area contributed by atoms with Gasteiger partial charge in [-0.25, -0.2) is 13.2 Å². The summed E-state index contributed by atoms with van der Waals surface area (Å²) in [4.78, 5) is 13.4. The van der Waals surface area contributed by atoms with Gasteiger partial charge in [-0.15, -0.1) is 16.2 Å². The second kappa shape index (κ2) is 7.25. The molecule has 0 saturated carbocycles. The predicted molar refractivity (Wildman–Crippen MR) is 91.1 cm³/mol. The number of ether oxygens (including phenoxy) is 1. The monoisotopic (exact) mass is 414 g/mol. The second-order valence-corrected chi connectivity index (χ2v) is 7.90. The number of benzene rings is 1. The number of sulfonamides is 1. The minimum Gasteiger partial charge on any atom is -0.465 e. The van der Waals surface area contributed by atoms with Crippen LogP contribution in [0.1, 0.15) is 9.67 Å².